The lowest BCUT2D eigenvalue weighted by Crippen LogP contribution is -2.55. The summed E-state index contributed by atoms with van der Waals surface area (Å²) in [5.74, 6) is -8.05. The number of carbonyl (C=O) groups excluding carboxylic acids is 4. The number of nitrogens with one attached hydrogen (secondary N) is 1. The minimum atomic E-state index is -2.60. The van der Waals surface area contributed by atoms with Gasteiger partial charge in [0.05, 0.1) is 18.6 Å². The van der Waals surface area contributed by atoms with Gasteiger partial charge < -0.3 is 29.3 Å². The summed E-state index contributed by atoms with van der Waals surface area (Å²) in [6.07, 6.45) is 1.58. The van der Waals surface area contributed by atoms with E-state index in [0.717, 1.165) is 25.2 Å². The van der Waals surface area contributed by atoms with Crippen LogP contribution in [0.5, 0.6) is 0 Å². The number of quaternary nitrogens is 1. The molecule has 2 amide bonds. The first-order chi connectivity index (χ1) is 14.6. The number of aliphatic hydroxyl groups is 1. The third-order valence-corrected chi connectivity index (χ3v) is 4.10. The number of hydrogen-bond acceptors (Lipinski definition) is 10. The van der Waals surface area contributed by atoms with Gasteiger partial charge in [-0.3, -0.25) is 9.96 Å². The second-order valence-corrected chi connectivity index (χ2v) is 7.85. The zero-order valence-corrected chi connectivity index (χ0v) is 18.3. The molecule has 0 aliphatic carbocycles. The van der Waals surface area contributed by atoms with Gasteiger partial charge in [-0.05, 0) is 20.8 Å². The summed E-state index contributed by atoms with van der Waals surface area (Å²) < 4.78 is 18.6. The molecule has 1 heterocycles. The maximum Gasteiger partial charge on any atom is 0.426 e. The van der Waals surface area contributed by atoms with E-state index < -0.39 is 65.5 Å². The topological polar surface area (TPSA) is 161 Å². The molecule has 2 N–H and O–H groups in total. The van der Waals surface area contributed by atoms with E-state index >= 15 is 0 Å². The molecule has 0 bridgehead atoms. The van der Waals surface area contributed by atoms with Gasteiger partial charge >= 0.3 is 29.9 Å². The highest BCUT2D eigenvalue weighted by Crippen LogP contribution is 2.27. The molecule has 1 aliphatic rings. The molecule has 0 radical (unpaired) electrons. The quantitative estimate of drug-likeness (QED) is 0.141. The highest BCUT2D eigenvalue weighted by atomic mass is 16.9. The lowest BCUT2D eigenvalue weighted by molar-refractivity contribution is -0.805. The predicted octanol–water partition coefficient (Wildman–Crippen LogP) is 0.759. The maximum absolute atomic E-state index is 12.8. The SMILES string of the molecule is C=CC(=O)OC(CCOC(C)(O)C[N+]1([O-])CC(C)(C)NC1=O)(OC(=O)C=C)OC(=O)C=C. The number of amides is 2. The fourth-order valence-corrected chi connectivity index (χ4v) is 2.98. The summed E-state index contributed by atoms with van der Waals surface area (Å²) in [5, 5.41) is 25.9. The zero-order valence-electron chi connectivity index (χ0n) is 18.3. The van der Waals surface area contributed by atoms with Crippen LogP contribution in [-0.2, 0) is 33.3 Å². The first kappa shape index (κ1) is 27.0. The second kappa shape index (κ2) is 10.0. The summed E-state index contributed by atoms with van der Waals surface area (Å²) in [6.45, 7) is 12.7. The van der Waals surface area contributed by atoms with Crippen LogP contribution in [0.1, 0.15) is 27.2 Å². The van der Waals surface area contributed by atoms with Crippen LogP contribution in [0.15, 0.2) is 38.0 Å². The van der Waals surface area contributed by atoms with Crippen LogP contribution in [0.3, 0.4) is 0 Å². The number of carbonyl (C=O) groups is 4. The molecule has 2 unspecified atom stereocenters. The Bertz CT molecular complexity index is 749. The third-order valence-electron chi connectivity index (χ3n) is 4.10. The normalized spacial score (nSPS) is 21.5. The van der Waals surface area contributed by atoms with E-state index in [4.69, 9.17) is 18.9 Å². The van der Waals surface area contributed by atoms with Crippen molar-refractivity contribution in [1.82, 2.24) is 5.32 Å². The summed E-state index contributed by atoms with van der Waals surface area (Å²) in [5.41, 5.74) is -0.777. The molecule has 178 valence electrons. The standard InChI is InChI=1S/C20H28N2O10/c1-7-14(23)30-20(31-15(24)8-2,32-16(25)9-3)10-11-29-19(6,27)13-22(28)12-18(4,5)21-17(22)26/h7-9,27H,1-3,10-13H2,4-6H3,(H,21,26). The Hall–Kier alpha value is -3.06. The van der Waals surface area contributed by atoms with Crippen LogP contribution >= 0.6 is 0 Å². The molecule has 0 aromatic heterocycles. The van der Waals surface area contributed by atoms with Crippen LogP contribution in [0.25, 0.3) is 0 Å². The molecule has 0 saturated carbocycles. The monoisotopic (exact) mass is 456 g/mol. The molecule has 12 nitrogen and oxygen atoms in total. The molecule has 0 spiro atoms. The first-order valence-corrected chi connectivity index (χ1v) is 9.45. The van der Waals surface area contributed by atoms with Crippen LogP contribution in [-0.4, -0.2) is 70.7 Å². The van der Waals surface area contributed by atoms with E-state index in [1.165, 1.54) is 0 Å². The van der Waals surface area contributed by atoms with Crippen LogP contribution in [0.2, 0.25) is 0 Å². The van der Waals surface area contributed by atoms with Gasteiger partial charge in [-0.2, -0.15) is 0 Å². The van der Waals surface area contributed by atoms with Crippen molar-refractivity contribution >= 4 is 23.9 Å². The molecular formula is C20H28N2O10. The van der Waals surface area contributed by atoms with Gasteiger partial charge in [0, 0.05) is 18.2 Å². The van der Waals surface area contributed by atoms with Gasteiger partial charge in [0.15, 0.2) is 0 Å². The van der Waals surface area contributed by atoms with Crippen LogP contribution < -0.4 is 5.32 Å². The molecule has 1 rings (SSSR count). The van der Waals surface area contributed by atoms with Gasteiger partial charge in [0.25, 0.3) is 0 Å². The molecule has 12 heteroatoms. The smallest absolute Gasteiger partial charge is 0.426 e. The fourth-order valence-electron chi connectivity index (χ4n) is 2.98. The van der Waals surface area contributed by atoms with E-state index in [0.29, 0.717) is 0 Å². The first-order valence-electron chi connectivity index (χ1n) is 9.45. The van der Waals surface area contributed by atoms with Crippen molar-refractivity contribution in [3.05, 3.63) is 43.2 Å². The number of rotatable bonds is 12. The van der Waals surface area contributed by atoms with Gasteiger partial charge in [0.1, 0.15) is 13.1 Å². The number of nitrogens with zero attached hydrogens (tertiary/aromatic N) is 1. The Morgan fingerprint density at radius 3 is 1.91 bits per heavy atom. The largest absolute Gasteiger partial charge is 0.624 e. The molecule has 1 saturated heterocycles. The molecule has 32 heavy (non-hydrogen) atoms. The minimum Gasteiger partial charge on any atom is -0.624 e. The molecule has 1 aliphatic heterocycles. The van der Waals surface area contributed by atoms with E-state index in [9.17, 15) is 29.5 Å². The highest BCUT2D eigenvalue weighted by molar-refractivity contribution is 5.85. The molecule has 0 aromatic rings. The van der Waals surface area contributed by atoms with Crippen molar-refractivity contribution in [2.45, 2.75) is 44.5 Å². The molecular weight excluding hydrogens is 428 g/mol. The van der Waals surface area contributed by atoms with Gasteiger partial charge in [-0.1, -0.05) is 19.7 Å². The molecule has 0 aromatic carbocycles. The lowest BCUT2D eigenvalue weighted by atomic mass is 10.1. The number of urea groups is 1. The predicted molar refractivity (Wildman–Crippen MR) is 109 cm³/mol. The van der Waals surface area contributed by atoms with E-state index in [1.807, 2.05) is 0 Å². The number of hydrogen-bond donors (Lipinski definition) is 2. The Morgan fingerprint density at radius 2 is 1.56 bits per heavy atom. The average molecular weight is 456 g/mol. The van der Waals surface area contributed by atoms with Crippen LogP contribution in [0, 0.1) is 5.21 Å². The van der Waals surface area contributed by atoms with Gasteiger partial charge in [-0.25, -0.2) is 19.2 Å². The van der Waals surface area contributed by atoms with Crippen molar-refractivity contribution < 1.29 is 47.9 Å². The fraction of sp³-hybridized carbons (Fsp3) is 0.500. The summed E-state index contributed by atoms with van der Waals surface area (Å²) in [6, 6.07) is -0.840. The number of ether oxygens (including phenoxy) is 4. The van der Waals surface area contributed by atoms with Crippen molar-refractivity contribution in [3.63, 3.8) is 0 Å². The van der Waals surface area contributed by atoms with Crippen molar-refractivity contribution in [2.75, 3.05) is 19.7 Å². The summed E-state index contributed by atoms with van der Waals surface area (Å²) >= 11 is 0. The average Bonchev–Trinajstić information content (AvgIpc) is 2.86. The third kappa shape index (κ3) is 7.57. The lowest BCUT2D eigenvalue weighted by Gasteiger charge is -2.39. The second-order valence-electron chi connectivity index (χ2n) is 7.85. The van der Waals surface area contributed by atoms with E-state index in [-0.39, 0.29) is 6.54 Å². The number of esters is 3. The van der Waals surface area contributed by atoms with Crippen molar-refractivity contribution in [3.8, 4) is 0 Å². The van der Waals surface area contributed by atoms with Crippen molar-refractivity contribution in [1.29, 1.82) is 0 Å². The maximum atomic E-state index is 12.8. The Balaban J connectivity index is 3.00. The molecule has 1 fully saturated rings. The molecule has 2 atom stereocenters. The van der Waals surface area contributed by atoms with Gasteiger partial charge in [0.2, 0.25) is 5.79 Å². The Labute approximate surface area is 185 Å². The Kier molecular flexibility index (Phi) is 8.46. The van der Waals surface area contributed by atoms with Crippen molar-refractivity contribution in [2.24, 2.45) is 0 Å². The summed E-state index contributed by atoms with van der Waals surface area (Å²) in [7, 11) is 0. The number of hydroxylamine groups is 3. The van der Waals surface area contributed by atoms with Crippen LogP contribution in [0.4, 0.5) is 4.79 Å². The van der Waals surface area contributed by atoms with E-state index in [1.54, 1.807) is 13.8 Å². The Morgan fingerprint density at radius 1 is 1.12 bits per heavy atom. The highest BCUT2D eigenvalue weighted by Gasteiger charge is 2.49. The van der Waals surface area contributed by atoms with E-state index in [2.05, 4.69) is 25.1 Å². The van der Waals surface area contributed by atoms with Gasteiger partial charge in [-0.15, -0.1) is 0 Å². The zero-order chi connectivity index (χ0) is 24.8. The summed E-state index contributed by atoms with van der Waals surface area (Å²) in [4.78, 5) is 47.3. The minimum absolute atomic E-state index is 0.153.